The number of hydrogen-bond acceptors (Lipinski definition) is 5. The Morgan fingerprint density at radius 2 is 1.70 bits per heavy atom. The number of fused-ring (bicyclic) bond motifs is 1. The molecule has 3 aromatic rings. The standard InChI is InChI=1S/C28H31Cl2N5O2/c1-17(2)31-28-32-25-16-34(26(36)19-6-11-23(29)24(30)15-19)18(3)14-22(25)27(37)35(28)21-9-7-20(8-10-21)33-12-4-5-13-33/h6-11,15,17-18H,4-5,12-14,16H2,1-3H3,(H,31,32)/t18-/m1/s1. The summed E-state index contributed by atoms with van der Waals surface area (Å²) in [4.78, 5) is 36.2. The molecule has 0 radical (unpaired) electrons. The van der Waals surface area contributed by atoms with E-state index in [1.54, 1.807) is 27.7 Å². The zero-order valence-electron chi connectivity index (χ0n) is 21.3. The van der Waals surface area contributed by atoms with Crippen LogP contribution < -0.4 is 15.8 Å². The van der Waals surface area contributed by atoms with Gasteiger partial charge in [0.15, 0.2) is 0 Å². The molecule has 2 aromatic carbocycles. The number of carbonyl (C=O) groups excluding carboxylic acids is 1. The first-order valence-electron chi connectivity index (χ1n) is 12.8. The maximum atomic E-state index is 13.9. The van der Waals surface area contributed by atoms with Crippen molar-refractivity contribution in [1.29, 1.82) is 0 Å². The number of aromatic nitrogens is 2. The van der Waals surface area contributed by atoms with Gasteiger partial charge in [0.2, 0.25) is 5.95 Å². The molecule has 0 spiro atoms. The third-order valence-corrected chi connectivity index (χ3v) is 7.78. The maximum absolute atomic E-state index is 13.9. The normalized spacial score (nSPS) is 17.3. The summed E-state index contributed by atoms with van der Waals surface area (Å²) in [7, 11) is 0. The SMILES string of the molecule is CC(C)Nc1nc2c(c(=O)n1-c1ccc(N3CCCC3)cc1)C[C@@H](C)N(C(=O)c1ccc(Cl)c(Cl)c1)C2. The number of hydrogen-bond donors (Lipinski definition) is 1. The van der Waals surface area contributed by atoms with Crippen molar-refractivity contribution in [2.45, 2.75) is 58.7 Å². The van der Waals surface area contributed by atoms with Crippen LogP contribution in [0.1, 0.15) is 55.2 Å². The lowest BCUT2D eigenvalue weighted by atomic mass is 9.98. The summed E-state index contributed by atoms with van der Waals surface area (Å²) < 4.78 is 1.66. The van der Waals surface area contributed by atoms with Gasteiger partial charge < -0.3 is 15.1 Å². The molecule has 37 heavy (non-hydrogen) atoms. The highest BCUT2D eigenvalue weighted by atomic mass is 35.5. The van der Waals surface area contributed by atoms with E-state index in [1.807, 2.05) is 32.9 Å². The number of nitrogens with one attached hydrogen (secondary N) is 1. The predicted molar refractivity (Wildman–Crippen MR) is 150 cm³/mol. The molecule has 1 fully saturated rings. The first kappa shape index (κ1) is 25.6. The Bertz CT molecular complexity index is 1380. The third kappa shape index (κ3) is 5.07. The van der Waals surface area contributed by atoms with Gasteiger partial charge in [0.05, 0.1) is 28.0 Å². The van der Waals surface area contributed by atoms with Gasteiger partial charge in [-0.1, -0.05) is 23.2 Å². The van der Waals surface area contributed by atoms with Crippen LogP contribution >= 0.6 is 23.2 Å². The zero-order valence-corrected chi connectivity index (χ0v) is 22.8. The lowest BCUT2D eigenvalue weighted by Gasteiger charge is -2.35. The molecule has 9 heteroatoms. The molecule has 0 aliphatic carbocycles. The van der Waals surface area contributed by atoms with Crippen molar-refractivity contribution in [3.63, 3.8) is 0 Å². The summed E-state index contributed by atoms with van der Waals surface area (Å²) >= 11 is 12.2. The van der Waals surface area contributed by atoms with Crippen LogP contribution in [0.3, 0.4) is 0 Å². The number of halogens is 2. The van der Waals surface area contributed by atoms with E-state index in [4.69, 9.17) is 28.2 Å². The molecular weight excluding hydrogens is 509 g/mol. The Morgan fingerprint density at radius 3 is 2.35 bits per heavy atom. The topological polar surface area (TPSA) is 70.5 Å². The van der Waals surface area contributed by atoms with E-state index in [1.165, 1.54) is 18.5 Å². The van der Waals surface area contributed by atoms with E-state index in [-0.39, 0.29) is 30.1 Å². The van der Waals surface area contributed by atoms with Gasteiger partial charge in [-0.25, -0.2) is 9.55 Å². The Morgan fingerprint density at radius 1 is 1.03 bits per heavy atom. The summed E-state index contributed by atoms with van der Waals surface area (Å²) in [5.74, 6) is 0.308. The smallest absolute Gasteiger partial charge is 0.263 e. The lowest BCUT2D eigenvalue weighted by molar-refractivity contribution is 0.0653. The molecule has 0 saturated carbocycles. The zero-order chi connectivity index (χ0) is 26.3. The first-order chi connectivity index (χ1) is 17.7. The van der Waals surface area contributed by atoms with Gasteiger partial charge in [-0.15, -0.1) is 0 Å². The molecule has 1 saturated heterocycles. The van der Waals surface area contributed by atoms with E-state index < -0.39 is 0 Å². The van der Waals surface area contributed by atoms with Crippen LogP contribution in [0.2, 0.25) is 10.0 Å². The van der Waals surface area contributed by atoms with Gasteiger partial charge in [0.1, 0.15) is 0 Å². The van der Waals surface area contributed by atoms with E-state index >= 15 is 0 Å². The molecular formula is C28H31Cl2N5O2. The van der Waals surface area contributed by atoms with Crippen LogP contribution in [0, 0.1) is 0 Å². The van der Waals surface area contributed by atoms with Gasteiger partial charge in [0.25, 0.3) is 11.5 Å². The minimum absolute atomic E-state index is 0.0662. The van der Waals surface area contributed by atoms with Crippen LogP contribution in [0.25, 0.3) is 5.69 Å². The Kier molecular flexibility index (Phi) is 7.19. The average molecular weight is 540 g/mol. The van der Waals surface area contributed by atoms with Crippen molar-refractivity contribution in [2.24, 2.45) is 0 Å². The highest BCUT2D eigenvalue weighted by molar-refractivity contribution is 6.42. The van der Waals surface area contributed by atoms with Crippen LogP contribution in [0.15, 0.2) is 47.3 Å². The molecule has 1 amide bonds. The molecule has 194 valence electrons. The summed E-state index contributed by atoms with van der Waals surface area (Å²) in [6.45, 7) is 8.34. The third-order valence-electron chi connectivity index (χ3n) is 7.04. The first-order valence-corrected chi connectivity index (χ1v) is 13.5. The fraction of sp³-hybridized carbons (Fsp3) is 0.393. The summed E-state index contributed by atoms with van der Waals surface area (Å²) in [6.07, 6.45) is 2.84. The van der Waals surface area contributed by atoms with Crippen molar-refractivity contribution < 1.29 is 4.79 Å². The molecule has 7 nitrogen and oxygen atoms in total. The number of rotatable bonds is 5. The molecule has 2 aliphatic heterocycles. The number of anilines is 2. The van der Waals surface area contributed by atoms with Crippen molar-refractivity contribution in [1.82, 2.24) is 14.5 Å². The molecule has 3 heterocycles. The fourth-order valence-corrected chi connectivity index (χ4v) is 5.41. The monoisotopic (exact) mass is 539 g/mol. The van der Waals surface area contributed by atoms with Gasteiger partial charge in [-0.05, 0) is 82.5 Å². The average Bonchev–Trinajstić information content (AvgIpc) is 3.41. The van der Waals surface area contributed by atoms with Gasteiger partial charge >= 0.3 is 0 Å². The largest absolute Gasteiger partial charge is 0.372 e. The van der Waals surface area contributed by atoms with Gasteiger partial charge in [-0.3, -0.25) is 9.59 Å². The highest BCUT2D eigenvalue weighted by Gasteiger charge is 2.32. The summed E-state index contributed by atoms with van der Waals surface area (Å²) in [6, 6.07) is 12.9. The molecule has 5 rings (SSSR count). The van der Waals surface area contributed by atoms with E-state index in [2.05, 4.69) is 22.3 Å². The number of amides is 1. The van der Waals surface area contributed by atoms with Crippen LogP contribution in [0.5, 0.6) is 0 Å². The Labute approximate surface area is 227 Å². The lowest BCUT2D eigenvalue weighted by Crippen LogP contribution is -2.46. The van der Waals surface area contributed by atoms with Crippen molar-refractivity contribution in [3.8, 4) is 5.69 Å². The van der Waals surface area contributed by atoms with Crippen molar-refractivity contribution >= 4 is 40.7 Å². The minimum Gasteiger partial charge on any atom is -0.372 e. The van der Waals surface area contributed by atoms with Crippen LogP contribution in [-0.4, -0.2) is 45.5 Å². The van der Waals surface area contributed by atoms with Crippen molar-refractivity contribution in [2.75, 3.05) is 23.3 Å². The van der Waals surface area contributed by atoms with Gasteiger partial charge in [0, 0.05) is 42.0 Å². The number of nitrogens with zero attached hydrogens (tertiary/aromatic N) is 4. The number of benzene rings is 2. The quantitative estimate of drug-likeness (QED) is 0.460. The molecule has 0 unspecified atom stereocenters. The second kappa shape index (κ2) is 10.4. The molecule has 1 aromatic heterocycles. The van der Waals surface area contributed by atoms with E-state index in [0.29, 0.717) is 39.2 Å². The second-order valence-electron chi connectivity index (χ2n) is 10.1. The van der Waals surface area contributed by atoms with Crippen LogP contribution in [-0.2, 0) is 13.0 Å². The predicted octanol–water partition coefficient (Wildman–Crippen LogP) is 5.55. The van der Waals surface area contributed by atoms with Crippen molar-refractivity contribution in [3.05, 3.63) is 79.7 Å². The summed E-state index contributed by atoms with van der Waals surface area (Å²) in [5, 5.41) is 4.07. The maximum Gasteiger partial charge on any atom is 0.263 e. The fourth-order valence-electron chi connectivity index (χ4n) is 5.11. The second-order valence-corrected chi connectivity index (χ2v) is 10.9. The molecule has 0 bridgehead atoms. The van der Waals surface area contributed by atoms with Gasteiger partial charge in [-0.2, -0.15) is 0 Å². The molecule has 1 atom stereocenters. The van der Waals surface area contributed by atoms with Crippen LogP contribution in [0.4, 0.5) is 11.6 Å². The Hall–Kier alpha value is -3.03. The Balaban J connectivity index is 1.51. The molecule has 1 N–H and O–H groups in total. The minimum atomic E-state index is -0.182. The van der Waals surface area contributed by atoms with E-state index in [0.717, 1.165) is 18.8 Å². The van der Waals surface area contributed by atoms with E-state index in [9.17, 15) is 9.59 Å². The summed E-state index contributed by atoms with van der Waals surface area (Å²) in [5.41, 5.74) is 3.55. The highest BCUT2D eigenvalue weighted by Crippen LogP contribution is 2.28. The number of carbonyl (C=O) groups is 1. The molecule has 2 aliphatic rings.